The SMILES string of the molecule is COc1ccc(NC(=O)/C=C(\C)c2cc3c(-c4ccccc4)coc3c(C)c2OC)cc1Cl. The highest BCUT2D eigenvalue weighted by atomic mass is 35.5. The highest BCUT2D eigenvalue weighted by Gasteiger charge is 2.18. The number of allylic oxidation sites excluding steroid dienone is 1. The van der Waals surface area contributed by atoms with Crippen LogP contribution in [0.5, 0.6) is 11.5 Å². The van der Waals surface area contributed by atoms with E-state index in [0.717, 1.165) is 38.8 Å². The molecule has 1 aromatic heterocycles. The highest BCUT2D eigenvalue weighted by molar-refractivity contribution is 6.32. The Labute approximate surface area is 197 Å². The third-order valence-corrected chi connectivity index (χ3v) is 5.82. The van der Waals surface area contributed by atoms with Crippen molar-refractivity contribution in [2.75, 3.05) is 19.5 Å². The van der Waals surface area contributed by atoms with E-state index in [1.165, 1.54) is 0 Å². The van der Waals surface area contributed by atoms with Crippen LogP contribution in [0.2, 0.25) is 5.02 Å². The topological polar surface area (TPSA) is 60.7 Å². The molecular formula is C27H24ClNO4. The monoisotopic (exact) mass is 461 g/mol. The number of ether oxygens (including phenoxy) is 2. The summed E-state index contributed by atoms with van der Waals surface area (Å²) in [4.78, 5) is 12.7. The maximum Gasteiger partial charge on any atom is 0.248 e. The van der Waals surface area contributed by atoms with E-state index in [1.54, 1.807) is 44.8 Å². The highest BCUT2D eigenvalue weighted by Crippen LogP contribution is 2.40. The zero-order valence-electron chi connectivity index (χ0n) is 18.9. The van der Waals surface area contributed by atoms with E-state index >= 15 is 0 Å². The van der Waals surface area contributed by atoms with Gasteiger partial charge >= 0.3 is 0 Å². The fourth-order valence-electron chi connectivity index (χ4n) is 3.91. The molecule has 0 saturated heterocycles. The summed E-state index contributed by atoms with van der Waals surface area (Å²) in [6, 6.07) is 17.1. The smallest absolute Gasteiger partial charge is 0.248 e. The van der Waals surface area contributed by atoms with Crippen molar-refractivity contribution >= 4 is 39.7 Å². The molecule has 0 aliphatic heterocycles. The van der Waals surface area contributed by atoms with E-state index in [2.05, 4.69) is 5.32 Å². The van der Waals surface area contributed by atoms with Crippen LogP contribution in [0.3, 0.4) is 0 Å². The summed E-state index contributed by atoms with van der Waals surface area (Å²) < 4.78 is 16.8. The minimum Gasteiger partial charge on any atom is -0.496 e. The van der Waals surface area contributed by atoms with E-state index in [9.17, 15) is 4.79 Å². The molecule has 33 heavy (non-hydrogen) atoms. The lowest BCUT2D eigenvalue weighted by Crippen LogP contribution is -2.09. The van der Waals surface area contributed by atoms with Crippen molar-refractivity contribution in [3.8, 4) is 22.6 Å². The van der Waals surface area contributed by atoms with Crippen LogP contribution in [0.25, 0.3) is 27.7 Å². The molecule has 4 aromatic rings. The average Bonchev–Trinajstić information content (AvgIpc) is 3.24. The molecule has 5 nitrogen and oxygen atoms in total. The number of rotatable bonds is 6. The van der Waals surface area contributed by atoms with Crippen LogP contribution in [0.1, 0.15) is 18.1 Å². The van der Waals surface area contributed by atoms with Crippen LogP contribution in [0, 0.1) is 6.92 Å². The molecule has 168 valence electrons. The van der Waals surface area contributed by atoms with Crippen LogP contribution < -0.4 is 14.8 Å². The Bertz CT molecular complexity index is 1360. The second-order valence-electron chi connectivity index (χ2n) is 7.64. The van der Waals surface area contributed by atoms with Crippen molar-refractivity contribution in [3.63, 3.8) is 0 Å². The summed E-state index contributed by atoms with van der Waals surface area (Å²) in [5.41, 5.74) is 5.85. The number of amides is 1. The number of hydrogen-bond acceptors (Lipinski definition) is 4. The van der Waals surface area contributed by atoms with Gasteiger partial charge in [0.25, 0.3) is 0 Å². The second-order valence-corrected chi connectivity index (χ2v) is 8.05. The summed E-state index contributed by atoms with van der Waals surface area (Å²) in [6.45, 7) is 3.83. The zero-order chi connectivity index (χ0) is 23.5. The van der Waals surface area contributed by atoms with Crippen LogP contribution in [-0.2, 0) is 4.79 Å². The summed E-state index contributed by atoms with van der Waals surface area (Å²) in [7, 11) is 3.16. The van der Waals surface area contributed by atoms with E-state index in [4.69, 9.17) is 25.5 Å². The molecule has 1 amide bonds. The Morgan fingerprint density at radius 2 is 1.82 bits per heavy atom. The molecule has 0 spiro atoms. The molecule has 0 fully saturated rings. The third kappa shape index (κ3) is 4.45. The first-order chi connectivity index (χ1) is 15.9. The van der Waals surface area contributed by atoms with Crippen LogP contribution in [-0.4, -0.2) is 20.1 Å². The normalized spacial score (nSPS) is 11.5. The van der Waals surface area contributed by atoms with Gasteiger partial charge in [0.1, 0.15) is 17.1 Å². The zero-order valence-corrected chi connectivity index (χ0v) is 19.6. The fourth-order valence-corrected chi connectivity index (χ4v) is 4.17. The molecule has 1 heterocycles. The molecule has 0 aliphatic rings. The van der Waals surface area contributed by atoms with Crippen molar-refractivity contribution in [2.24, 2.45) is 0 Å². The van der Waals surface area contributed by atoms with Crippen LogP contribution in [0.15, 0.2) is 71.4 Å². The lowest BCUT2D eigenvalue weighted by atomic mass is 9.96. The number of anilines is 1. The Morgan fingerprint density at radius 3 is 2.48 bits per heavy atom. The van der Waals surface area contributed by atoms with Gasteiger partial charge in [-0.15, -0.1) is 0 Å². The molecule has 0 unspecified atom stereocenters. The largest absolute Gasteiger partial charge is 0.496 e. The Balaban J connectivity index is 1.72. The molecule has 0 atom stereocenters. The van der Waals surface area contributed by atoms with Gasteiger partial charge in [-0.25, -0.2) is 0 Å². The molecule has 0 saturated carbocycles. The summed E-state index contributed by atoms with van der Waals surface area (Å²) in [5.74, 6) is 0.943. The van der Waals surface area contributed by atoms with Gasteiger partial charge in [0, 0.05) is 33.8 Å². The van der Waals surface area contributed by atoms with Gasteiger partial charge in [0.15, 0.2) is 0 Å². The number of benzene rings is 3. The first-order valence-electron chi connectivity index (χ1n) is 10.4. The summed E-state index contributed by atoms with van der Waals surface area (Å²) in [6.07, 6.45) is 3.30. The molecule has 3 aromatic carbocycles. The van der Waals surface area contributed by atoms with Crippen LogP contribution in [0.4, 0.5) is 5.69 Å². The molecule has 0 radical (unpaired) electrons. The maximum absolute atomic E-state index is 12.7. The van der Waals surface area contributed by atoms with E-state index in [0.29, 0.717) is 22.2 Å². The number of carbonyl (C=O) groups is 1. The first-order valence-corrected chi connectivity index (χ1v) is 10.8. The molecule has 6 heteroatoms. The lowest BCUT2D eigenvalue weighted by molar-refractivity contribution is -0.111. The molecular weight excluding hydrogens is 438 g/mol. The summed E-state index contributed by atoms with van der Waals surface area (Å²) in [5, 5.41) is 4.23. The van der Waals surface area contributed by atoms with Gasteiger partial charge in [0.05, 0.1) is 25.5 Å². The molecule has 0 aliphatic carbocycles. The van der Waals surface area contributed by atoms with Gasteiger partial charge in [-0.2, -0.15) is 0 Å². The van der Waals surface area contributed by atoms with Gasteiger partial charge in [-0.1, -0.05) is 41.9 Å². The predicted molar refractivity (Wildman–Crippen MR) is 133 cm³/mol. The fraction of sp³-hybridized carbons (Fsp3) is 0.148. The number of aryl methyl sites for hydroxylation is 1. The first kappa shape index (κ1) is 22.5. The van der Waals surface area contributed by atoms with Gasteiger partial charge in [-0.05, 0) is 49.2 Å². The number of fused-ring (bicyclic) bond motifs is 1. The van der Waals surface area contributed by atoms with Gasteiger partial charge < -0.3 is 19.2 Å². The average molecular weight is 462 g/mol. The summed E-state index contributed by atoms with van der Waals surface area (Å²) >= 11 is 6.16. The molecule has 4 rings (SSSR count). The van der Waals surface area contributed by atoms with Crippen LogP contribution >= 0.6 is 11.6 Å². The second kappa shape index (κ2) is 9.43. The maximum atomic E-state index is 12.7. The van der Waals surface area contributed by atoms with E-state index < -0.39 is 0 Å². The minimum atomic E-state index is -0.274. The quantitative estimate of drug-likeness (QED) is 0.310. The lowest BCUT2D eigenvalue weighted by Gasteiger charge is -2.13. The molecule has 1 N–H and O–H groups in total. The number of methoxy groups -OCH3 is 2. The van der Waals surface area contributed by atoms with Crippen molar-refractivity contribution in [1.82, 2.24) is 0 Å². The van der Waals surface area contributed by atoms with Crippen molar-refractivity contribution in [2.45, 2.75) is 13.8 Å². The van der Waals surface area contributed by atoms with Gasteiger partial charge in [-0.3, -0.25) is 4.79 Å². The van der Waals surface area contributed by atoms with Gasteiger partial charge in [0.2, 0.25) is 5.91 Å². The molecule has 0 bridgehead atoms. The number of hydrogen-bond donors (Lipinski definition) is 1. The number of furan rings is 1. The van der Waals surface area contributed by atoms with E-state index in [1.807, 2.05) is 50.2 Å². The Kier molecular flexibility index (Phi) is 6.43. The van der Waals surface area contributed by atoms with Crippen molar-refractivity contribution in [1.29, 1.82) is 0 Å². The Hall–Kier alpha value is -3.70. The standard InChI is InChI=1S/C27H24ClNO4/c1-16(12-25(30)29-19-10-11-24(31-3)23(28)13-19)20-14-21-22(18-8-6-5-7-9-18)15-33-27(21)17(2)26(20)32-4/h5-15H,1-4H3,(H,29,30)/b16-12+. The number of nitrogens with one attached hydrogen (secondary N) is 1. The van der Waals surface area contributed by atoms with Crippen molar-refractivity contribution in [3.05, 3.63) is 83.1 Å². The minimum absolute atomic E-state index is 0.274. The Morgan fingerprint density at radius 1 is 1.06 bits per heavy atom. The van der Waals surface area contributed by atoms with E-state index in [-0.39, 0.29) is 5.91 Å². The third-order valence-electron chi connectivity index (χ3n) is 5.52. The predicted octanol–water partition coefficient (Wildman–Crippen LogP) is 7.12. The van der Waals surface area contributed by atoms with Crippen molar-refractivity contribution < 1.29 is 18.7 Å². The number of carbonyl (C=O) groups excluding carboxylic acids is 1. The number of halogens is 1.